The van der Waals surface area contributed by atoms with E-state index in [2.05, 4.69) is 20.2 Å². The minimum Gasteiger partial charge on any atom is -0.459 e. The number of hydrogen-bond donors (Lipinski definition) is 0. The van der Waals surface area contributed by atoms with Crippen LogP contribution in [0.2, 0.25) is 0 Å². The van der Waals surface area contributed by atoms with E-state index in [1.54, 1.807) is 36.5 Å². The van der Waals surface area contributed by atoms with Crippen LogP contribution in [-0.4, -0.2) is 20.2 Å². The number of nitrogens with zero attached hydrogens (tertiary/aromatic N) is 4. The SMILES string of the molecule is c1coc(-c2nnc(CSc3ncnc4sc5c(c34)CCCC5)o2)c1. The molecule has 25 heavy (non-hydrogen) atoms. The summed E-state index contributed by atoms with van der Waals surface area (Å²) < 4.78 is 11.0. The van der Waals surface area contributed by atoms with Crippen molar-refractivity contribution in [3.05, 3.63) is 41.1 Å². The zero-order valence-corrected chi connectivity index (χ0v) is 14.9. The molecule has 0 spiro atoms. The summed E-state index contributed by atoms with van der Waals surface area (Å²) in [5.41, 5.74) is 1.44. The molecule has 0 saturated carbocycles. The fourth-order valence-corrected chi connectivity index (χ4v) is 5.27. The van der Waals surface area contributed by atoms with E-state index in [9.17, 15) is 0 Å². The van der Waals surface area contributed by atoms with Crippen LogP contribution in [0.25, 0.3) is 21.9 Å². The first kappa shape index (κ1) is 15.1. The summed E-state index contributed by atoms with van der Waals surface area (Å²) in [6.07, 6.45) is 8.04. The minimum atomic E-state index is 0.404. The van der Waals surface area contributed by atoms with E-state index >= 15 is 0 Å². The first-order chi connectivity index (χ1) is 12.4. The molecule has 0 saturated heterocycles. The summed E-state index contributed by atoms with van der Waals surface area (Å²) >= 11 is 3.43. The number of aromatic nitrogens is 4. The van der Waals surface area contributed by atoms with Crippen molar-refractivity contribution in [3.8, 4) is 11.7 Å². The molecule has 5 rings (SSSR count). The molecular formula is C17H14N4O2S2. The molecule has 0 bridgehead atoms. The molecule has 1 aliphatic rings. The maximum atomic E-state index is 5.68. The van der Waals surface area contributed by atoms with Gasteiger partial charge in [0, 0.05) is 10.3 Å². The molecule has 0 amide bonds. The summed E-state index contributed by atoms with van der Waals surface area (Å²) in [5, 5.41) is 10.4. The molecule has 0 aliphatic heterocycles. The van der Waals surface area contributed by atoms with Crippen molar-refractivity contribution in [3.63, 3.8) is 0 Å². The second-order valence-electron chi connectivity index (χ2n) is 5.84. The highest BCUT2D eigenvalue weighted by Crippen LogP contribution is 2.39. The summed E-state index contributed by atoms with van der Waals surface area (Å²) in [6.45, 7) is 0. The van der Waals surface area contributed by atoms with Crippen LogP contribution in [0, 0.1) is 0 Å². The number of furan rings is 1. The Bertz CT molecular complexity index is 1020. The van der Waals surface area contributed by atoms with Gasteiger partial charge in [-0.2, -0.15) is 0 Å². The highest BCUT2D eigenvalue weighted by atomic mass is 32.2. The van der Waals surface area contributed by atoms with Crippen LogP contribution >= 0.6 is 23.1 Å². The summed E-state index contributed by atoms with van der Waals surface area (Å²) in [5.74, 6) is 2.12. The minimum absolute atomic E-state index is 0.404. The summed E-state index contributed by atoms with van der Waals surface area (Å²) in [6, 6.07) is 3.60. The Morgan fingerprint density at radius 2 is 2.12 bits per heavy atom. The first-order valence-electron chi connectivity index (χ1n) is 8.13. The smallest absolute Gasteiger partial charge is 0.283 e. The van der Waals surface area contributed by atoms with Crippen LogP contribution < -0.4 is 0 Å². The Hall–Kier alpha value is -2.19. The first-order valence-corrected chi connectivity index (χ1v) is 9.93. The van der Waals surface area contributed by atoms with Gasteiger partial charge in [-0.25, -0.2) is 9.97 Å². The highest BCUT2D eigenvalue weighted by molar-refractivity contribution is 7.98. The van der Waals surface area contributed by atoms with E-state index in [1.165, 1.54) is 28.7 Å². The number of aryl methyl sites for hydroxylation is 2. The van der Waals surface area contributed by atoms with Crippen LogP contribution in [-0.2, 0) is 18.6 Å². The van der Waals surface area contributed by atoms with E-state index in [4.69, 9.17) is 8.83 Å². The fraction of sp³-hybridized carbons (Fsp3) is 0.294. The molecule has 6 nitrogen and oxygen atoms in total. The van der Waals surface area contributed by atoms with Gasteiger partial charge in [-0.05, 0) is 43.4 Å². The van der Waals surface area contributed by atoms with Gasteiger partial charge in [0.1, 0.15) is 16.2 Å². The van der Waals surface area contributed by atoms with Gasteiger partial charge >= 0.3 is 0 Å². The van der Waals surface area contributed by atoms with Crippen molar-refractivity contribution in [2.75, 3.05) is 0 Å². The van der Waals surface area contributed by atoms with Crippen molar-refractivity contribution in [1.29, 1.82) is 0 Å². The number of fused-ring (bicyclic) bond motifs is 3. The monoisotopic (exact) mass is 370 g/mol. The maximum Gasteiger partial charge on any atom is 0.283 e. The third-order valence-electron chi connectivity index (χ3n) is 4.25. The van der Waals surface area contributed by atoms with Gasteiger partial charge in [0.25, 0.3) is 5.89 Å². The molecule has 0 radical (unpaired) electrons. The van der Waals surface area contributed by atoms with Crippen molar-refractivity contribution in [2.45, 2.75) is 36.5 Å². The predicted molar refractivity (Wildman–Crippen MR) is 95.6 cm³/mol. The third-order valence-corrected chi connectivity index (χ3v) is 6.42. The molecule has 8 heteroatoms. The van der Waals surface area contributed by atoms with E-state index in [1.807, 2.05) is 11.3 Å². The zero-order valence-electron chi connectivity index (χ0n) is 13.3. The van der Waals surface area contributed by atoms with Crippen molar-refractivity contribution < 1.29 is 8.83 Å². The van der Waals surface area contributed by atoms with Gasteiger partial charge in [0.05, 0.1) is 12.0 Å². The van der Waals surface area contributed by atoms with E-state index < -0.39 is 0 Å². The number of thioether (sulfide) groups is 1. The molecule has 126 valence electrons. The lowest BCUT2D eigenvalue weighted by Crippen LogP contribution is -1.99. The number of thiophene rings is 1. The quantitative estimate of drug-likeness (QED) is 0.386. The lowest BCUT2D eigenvalue weighted by molar-refractivity contribution is 0.494. The molecule has 0 atom stereocenters. The molecule has 4 aromatic heterocycles. The fourth-order valence-electron chi connectivity index (χ4n) is 3.11. The van der Waals surface area contributed by atoms with Gasteiger partial charge in [-0.15, -0.1) is 21.5 Å². The maximum absolute atomic E-state index is 5.68. The van der Waals surface area contributed by atoms with Crippen LogP contribution in [0.4, 0.5) is 0 Å². The van der Waals surface area contributed by atoms with Gasteiger partial charge in [-0.1, -0.05) is 11.8 Å². The van der Waals surface area contributed by atoms with Crippen molar-refractivity contribution in [1.82, 2.24) is 20.2 Å². The predicted octanol–water partition coefficient (Wildman–Crippen LogP) is 4.51. The van der Waals surface area contributed by atoms with Crippen LogP contribution in [0.1, 0.15) is 29.2 Å². The third kappa shape index (κ3) is 2.75. The van der Waals surface area contributed by atoms with Crippen LogP contribution in [0.15, 0.2) is 38.6 Å². The van der Waals surface area contributed by atoms with Crippen LogP contribution in [0.3, 0.4) is 0 Å². The lowest BCUT2D eigenvalue weighted by Gasteiger charge is -2.11. The second kappa shape index (κ2) is 6.27. The van der Waals surface area contributed by atoms with E-state index in [0.29, 0.717) is 23.3 Å². The molecule has 0 N–H and O–H groups in total. The van der Waals surface area contributed by atoms with Crippen molar-refractivity contribution in [2.24, 2.45) is 0 Å². The Balaban J connectivity index is 1.42. The van der Waals surface area contributed by atoms with Gasteiger partial charge in [0.15, 0.2) is 5.76 Å². The normalized spacial score (nSPS) is 14.1. The average molecular weight is 370 g/mol. The second-order valence-corrected chi connectivity index (χ2v) is 7.88. The molecule has 0 aromatic carbocycles. The molecule has 0 unspecified atom stereocenters. The number of rotatable bonds is 4. The Labute approximate surface area is 151 Å². The van der Waals surface area contributed by atoms with Gasteiger partial charge < -0.3 is 8.83 Å². The molecule has 1 aliphatic carbocycles. The molecule has 4 aromatic rings. The number of hydrogen-bond acceptors (Lipinski definition) is 8. The average Bonchev–Trinajstić information content (AvgIpc) is 3.37. The largest absolute Gasteiger partial charge is 0.459 e. The van der Waals surface area contributed by atoms with Gasteiger partial charge in [-0.3, -0.25) is 0 Å². The summed E-state index contributed by atoms with van der Waals surface area (Å²) in [7, 11) is 0. The summed E-state index contributed by atoms with van der Waals surface area (Å²) in [4.78, 5) is 11.5. The van der Waals surface area contributed by atoms with E-state index in [-0.39, 0.29) is 0 Å². The van der Waals surface area contributed by atoms with E-state index in [0.717, 1.165) is 22.7 Å². The lowest BCUT2D eigenvalue weighted by atomic mass is 9.97. The zero-order chi connectivity index (χ0) is 16.6. The van der Waals surface area contributed by atoms with Gasteiger partial charge in [0.2, 0.25) is 5.89 Å². The van der Waals surface area contributed by atoms with Crippen molar-refractivity contribution >= 4 is 33.3 Å². The molecule has 0 fully saturated rings. The standard InChI is InChI=1S/C17H14N4O2S2/c1-2-6-12-10(4-1)14-16(18-9-19-17(14)25-12)24-8-13-20-21-15(23-13)11-5-3-7-22-11/h3,5,7,9H,1-2,4,6,8H2. The topological polar surface area (TPSA) is 77.8 Å². The van der Waals surface area contributed by atoms with Crippen LogP contribution in [0.5, 0.6) is 0 Å². The Morgan fingerprint density at radius 3 is 3.04 bits per heavy atom. The highest BCUT2D eigenvalue weighted by Gasteiger charge is 2.20. The molecule has 4 heterocycles. The Morgan fingerprint density at radius 1 is 1.16 bits per heavy atom. The Kier molecular flexibility index (Phi) is 3.79. The molecular weight excluding hydrogens is 356 g/mol.